The first-order valence-corrected chi connectivity index (χ1v) is 11.6. The molecule has 1 N–H and O–H groups in total. The van der Waals surface area contributed by atoms with Gasteiger partial charge in [-0.1, -0.05) is 47.7 Å². The zero-order valence-electron chi connectivity index (χ0n) is 16.2. The summed E-state index contributed by atoms with van der Waals surface area (Å²) in [5.74, 6) is -0.441. The average Bonchev–Trinajstić information content (AvgIpc) is 3.23. The molecule has 0 aliphatic carbocycles. The summed E-state index contributed by atoms with van der Waals surface area (Å²) < 4.78 is 32.7. The molecule has 0 radical (unpaired) electrons. The van der Waals surface area contributed by atoms with Gasteiger partial charge >= 0.3 is 0 Å². The molecule has 2 heterocycles. The summed E-state index contributed by atoms with van der Waals surface area (Å²) in [4.78, 5) is 12.9. The number of aryl methyl sites for hydroxylation is 1. The van der Waals surface area contributed by atoms with E-state index in [4.69, 9.17) is 4.74 Å². The summed E-state index contributed by atoms with van der Waals surface area (Å²) >= 11 is 1.25. The lowest BCUT2D eigenvalue weighted by atomic mass is 10.1. The Labute approximate surface area is 178 Å². The van der Waals surface area contributed by atoms with Crippen molar-refractivity contribution < 1.29 is 17.9 Å². The Morgan fingerprint density at radius 2 is 1.83 bits per heavy atom. The SMILES string of the molecule is Cc1ccc(C(=O)Nc2nnc(-c3ccccc3)s2)cc1S(=O)(=O)N1CCOCC1. The van der Waals surface area contributed by atoms with Crippen molar-refractivity contribution >= 4 is 32.4 Å². The van der Waals surface area contributed by atoms with E-state index in [0.29, 0.717) is 42.0 Å². The molecule has 1 aliphatic rings. The highest BCUT2D eigenvalue weighted by molar-refractivity contribution is 7.89. The fourth-order valence-corrected chi connectivity index (χ4v) is 5.49. The quantitative estimate of drug-likeness (QED) is 0.649. The van der Waals surface area contributed by atoms with Crippen LogP contribution in [-0.2, 0) is 14.8 Å². The molecule has 0 saturated carbocycles. The number of anilines is 1. The van der Waals surface area contributed by atoms with Crippen LogP contribution in [0.1, 0.15) is 15.9 Å². The smallest absolute Gasteiger partial charge is 0.257 e. The maximum Gasteiger partial charge on any atom is 0.257 e. The van der Waals surface area contributed by atoms with Crippen LogP contribution in [0.3, 0.4) is 0 Å². The van der Waals surface area contributed by atoms with E-state index in [0.717, 1.165) is 5.56 Å². The molecule has 4 rings (SSSR count). The Bertz CT molecular complexity index is 1160. The molecule has 156 valence electrons. The predicted molar refractivity (Wildman–Crippen MR) is 114 cm³/mol. The predicted octanol–water partition coefficient (Wildman–Crippen LogP) is 2.79. The van der Waals surface area contributed by atoms with Crippen LogP contribution in [0.2, 0.25) is 0 Å². The minimum Gasteiger partial charge on any atom is -0.379 e. The number of benzene rings is 2. The van der Waals surface area contributed by atoms with Gasteiger partial charge in [0.15, 0.2) is 0 Å². The third kappa shape index (κ3) is 4.26. The summed E-state index contributed by atoms with van der Waals surface area (Å²) in [5.41, 5.74) is 1.73. The van der Waals surface area contributed by atoms with Crippen molar-refractivity contribution in [1.82, 2.24) is 14.5 Å². The number of nitrogens with one attached hydrogen (secondary N) is 1. The number of amides is 1. The van der Waals surface area contributed by atoms with Gasteiger partial charge < -0.3 is 4.74 Å². The monoisotopic (exact) mass is 444 g/mol. The van der Waals surface area contributed by atoms with Gasteiger partial charge in [0.25, 0.3) is 5.91 Å². The second-order valence-electron chi connectivity index (χ2n) is 6.73. The largest absolute Gasteiger partial charge is 0.379 e. The van der Waals surface area contributed by atoms with Crippen molar-refractivity contribution in [1.29, 1.82) is 0 Å². The van der Waals surface area contributed by atoms with E-state index >= 15 is 0 Å². The molecule has 8 nitrogen and oxygen atoms in total. The molecule has 2 aromatic carbocycles. The molecule has 10 heteroatoms. The Morgan fingerprint density at radius 1 is 1.10 bits per heavy atom. The second kappa shape index (κ2) is 8.60. The van der Waals surface area contributed by atoms with Crippen molar-refractivity contribution in [2.75, 3.05) is 31.6 Å². The standard InChI is InChI=1S/C20H20N4O4S2/c1-14-7-8-16(13-17(14)30(26,27)24-9-11-28-12-10-24)18(25)21-20-23-22-19(29-20)15-5-3-2-4-6-15/h2-8,13H,9-12H2,1H3,(H,21,23,25). The van der Waals surface area contributed by atoms with Crippen LogP contribution in [0, 0.1) is 6.92 Å². The molecule has 0 atom stereocenters. The minimum atomic E-state index is -3.71. The number of hydrogen-bond donors (Lipinski definition) is 1. The number of rotatable bonds is 5. The molecule has 1 aliphatic heterocycles. The first-order chi connectivity index (χ1) is 14.4. The van der Waals surface area contributed by atoms with E-state index in [1.54, 1.807) is 19.1 Å². The number of hydrogen-bond acceptors (Lipinski definition) is 7. The van der Waals surface area contributed by atoms with Gasteiger partial charge in [-0.2, -0.15) is 4.31 Å². The fraction of sp³-hybridized carbons (Fsp3) is 0.250. The van der Waals surface area contributed by atoms with Crippen molar-refractivity contribution in [2.45, 2.75) is 11.8 Å². The van der Waals surface area contributed by atoms with E-state index in [9.17, 15) is 13.2 Å². The molecule has 1 amide bonds. The molecular weight excluding hydrogens is 424 g/mol. The zero-order chi connectivity index (χ0) is 21.1. The topological polar surface area (TPSA) is 101 Å². The third-order valence-corrected chi connectivity index (χ3v) is 7.63. The van der Waals surface area contributed by atoms with E-state index in [1.807, 2.05) is 30.3 Å². The van der Waals surface area contributed by atoms with Gasteiger partial charge in [-0.15, -0.1) is 10.2 Å². The second-order valence-corrected chi connectivity index (χ2v) is 9.61. The van der Waals surface area contributed by atoms with Gasteiger partial charge in [0, 0.05) is 24.2 Å². The van der Waals surface area contributed by atoms with Crippen LogP contribution in [0.25, 0.3) is 10.6 Å². The van der Waals surface area contributed by atoms with Crippen molar-refractivity contribution in [3.63, 3.8) is 0 Å². The number of aromatic nitrogens is 2. The van der Waals surface area contributed by atoms with E-state index in [-0.39, 0.29) is 10.5 Å². The number of carbonyl (C=O) groups excluding carboxylic acids is 1. The first-order valence-electron chi connectivity index (χ1n) is 9.34. The zero-order valence-corrected chi connectivity index (χ0v) is 17.9. The van der Waals surface area contributed by atoms with Crippen LogP contribution >= 0.6 is 11.3 Å². The molecule has 1 fully saturated rings. The van der Waals surface area contributed by atoms with Gasteiger partial charge in [-0.05, 0) is 24.6 Å². The third-order valence-electron chi connectivity index (χ3n) is 4.70. The Hall–Kier alpha value is -2.66. The molecule has 30 heavy (non-hydrogen) atoms. The lowest BCUT2D eigenvalue weighted by molar-refractivity contribution is 0.0730. The van der Waals surface area contributed by atoms with Crippen LogP contribution in [0.5, 0.6) is 0 Å². The molecule has 1 aromatic heterocycles. The normalized spacial score (nSPS) is 15.1. The van der Waals surface area contributed by atoms with Gasteiger partial charge in [0.1, 0.15) is 5.01 Å². The van der Waals surface area contributed by atoms with E-state index in [1.165, 1.54) is 21.7 Å². The lowest BCUT2D eigenvalue weighted by Crippen LogP contribution is -2.40. The van der Waals surface area contributed by atoms with Crippen LogP contribution in [0.15, 0.2) is 53.4 Å². The minimum absolute atomic E-state index is 0.124. The number of carbonyl (C=O) groups is 1. The number of morpholine rings is 1. The molecule has 0 bridgehead atoms. The molecule has 0 unspecified atom stereocenters. The van der Waals surface area contributed by atoms with Gasteiger partial charge in [-0.3, -0.25) is 10.1 Å². The first kappa shape index (κ1) is 20.6. The Kier molecular flexibility index (Phi) is 5.91. The fourth-order valence-electron chi connectivity index (χ4n) is 3.09. The maximum atomic E-state index is 13.0. The van der Waals surface area contributed by atoms with Crippen molar-refractivity contribution in [3.05, 3.63) is 59.7 Å². The lowest BCUT2D eigenvalue weighted by Gasteiger charge is -2.26. The van der Waals surface area contributed by atoms with E-state index in [2.05, 4.69) is 15.5 Å². The summed E-state index contributed by atoms with van der Waals surface area (Å²) in [7, 11) is -3.71. The number of ether oxygens (including phenoxy) is 1. The van der Waals surface area contributed by atoms with Gasteiger partial charge in [-0.25, -0.2) is 8.42 Å². The van der Waals surface area contributed by atoms with E-state index < -0.39 is 15.9 Å². The molecule has 0 spiro atoms. The van der Waals surface area contributed by atoms with Gasteiger partial charge in [0.2, 0.25) is 15.2 Å². The summed E-state index contributed by atoms with van der Waals surface area (Å²) in [5, 5.41) is 11.9. The highest BCUT2D eigenvalue weighted by atomic mass is 32.2. The maximum absolute atomic E-state index is 13.0. The Morgan fingerprint density at radius 3 is 2.57 bits per heavy atom. The van der Waals surface area contributed by atoms with Crippen molar-refractivity contribution in [2.24, 2.45) is 0 Å². The number of nitrogens with zero attached hydrogens (tertiary/aromatic N) is 3. The highest BCUT2D eigenvalue weighted by Crippen LogP contribution is 2.27. The van der Waals surface area contributed by atoms with Crippen LogP contribution < -0.4 is 5.32 Å². The number of sulfonamides is 1. The molecule has 3 aromatic rings. The van der Waals surface area contributed by atoms with Gasteiger partial charge in [0.05, 0.1) is 18.1 Å². The average molecular weight is 445 g/mol. The van der Waals surface area contributed by atoms with Crippen LogP contribution in [0.4, 0.5) is 5.13 Å². The molecular formula is C20H20N4O4S2. The van der Waals surface area contributed by atoms with Crippen LogP contribution in [-0.4, -0.2) is 55.1 Å². The molecule has 1 saturated heterocycles. The van der Waals surface area contributed by atoms with Crippen molar-refractivity contribution in [3.8, 4) is 10.6 Å². The summed E-state index contributed by atoms with van der Waals surface area (Å²) in [6, 6.07) is 14.2. The summed E-state index contributed by atoms with van der Waals surface area (Å²) in [6.07, 6.45) is 0. The highest BCUT2D eigenvalue weighted by Gasteiger charge is 2.28. The summed E-state index contributed by atoms with van der Waals surface area (Å²) in [6.45, 7) is 3.03. The Balaban J connectivity index is 1.55.